The summed E-state index contributed by atoms with van der Waals surface area (Å²) < 4.78 is 0. The summed E-state index contributed by atoms with van der Waals surface area (Å²) in [4.78, 5) is 21.6. The Labute approximate surface area is 88.7 Å². The van der Waals surface area contributed by atoms with Crippen LogP contribution < -0.4 is 27.8 Å². The third-order valence-electron chi connectivity index (χ3n) is 1.77. The lowest BCUT2D eigenvalue weighted by atomic mass is 10.1. The molecule has 0 saturated carbocycles. The largest absolute Gasteiger partial charge is 0.368 e. The van der Waals surface area contributed by atoms with Crippen molar-refractivity contribution in [3.05, 3.63) is 0 Å². The normalized spacial score (nSPS) is 12.5. The van der Waals surface area contributed by atoms with Gasteiger partial charge in [0.05, 0.1) is 0 Å². The fourth-order valence-corrected chi connectivity index (χ4v) is 1.11. The number of primary amides is 1. The van der Waals surface area contributed by atoms with Gasteiger partial charge in [-0.1, -0.05) is 0 Å². The highest BCUT2D eigenvalue weighted by Gasteiger charge is 2.15. The smallest absolute Gasteiger partial charge is 0.240 e. The van der Waals surface area contributed by atoms with Gasteiger partial charge in [-0.3, -0.25) is 14.9 Å². The van der Waals surface area contributed by atoms with Crippen molar-refractivity contribution in [3.8, 4) is 0 Å². The molecule has 0 radical (unpaired) electrons. The molecule has 1 atom stereocenters. The molecule has 0 spiro atoms. The molecule has 0 aliphatic heterocycles. The van der Waals surface area contributed by atoms with Crippen molar-refractivity contribution in [2.24, 2.45) is 17.2 Å². The maximum atomic E-state index is 10.9. The first kappa shape index (κ1) is 13.8. The van der Waals surface area contributed by atoms with Crippen LogP contribution in [-0.2, 0) is 9.59 Å². The molecule has 2 amide bonds. The SMILES string of the molecule is CC(=O)N[C@@H](CCCNC(N)N)C(N)=O. The predicted molar refractivity (Wildman–Crippen MR) is 56.2 cm³/mol. The van der Waals surface area contributed by atoms with Crippen molar-refractivity contribution in [2.45, 2.75) is 32.1 Å². The Kier molecular flexibility index (Phi) is 6.59. The van der Waals surface area contributed by atoms with E-state index in [1.54, 1.807) is 0 Å². The van der Waals surface area contributed by atoms with Crippen LogP contribution in [0, 0.1) is 0 Å². The molecule has 15 heavy (non-hydrogen) atoms. The van der Waals surface area contributed by atoms with Crippen LogP contribution >= 0.6 is 0 Å². The van der Waals surface area contributed by atoms with E-state index in [2.05, 4.69) is 10.6 Å². The van der Waals surface area contributed by atoms with Gasteiger partial charge < -0.3 is 22.5 Å². The zero-order chi connectivity index (χ0) is 11.8. The van der Waals surface area contributed by atoms with Gasteiger partial charge in [-0.05, 0) is 19.4 Å². The standard InChI is InChI=1S/C8H19N5O2/c1-5(14)13-6(7(9)15)3-2-4-12-8(10)11/h6,8,12H,2-4,10-11H2,1H3,(H2,9,15)(H,13,14)/t6-/m0/s1. The number of nitrogens with one attached hydrogen (secondary N) is 2. The molecule has 7 nitrogen and oxygen atoms in total. The minimum absolute atomic E-state index is 0.276. The zero-order valence-corrected chi connectivity index (χ0v) is 8.82. The number of rotatable bonds is 7. The highest BCUT2D eigenvalue weighted by molar-refractivity contribution is 5.85. The second-order valence-corrected chi connectivity index (χ2v) is 3.28. The van der Waals surface area contributed by atoms with E-state index in [4.69, 9.17) is 17.2 Å². The molecule has 0 aliphatic carbocycles. The lowest BCUT2D eigenvalue weighted by Crippen LogP contribution is -2.47. The lowest BCUT2D eigenvalue weighted by Gasteiger charge is -2.14. The minimum atomic E-state index is -0.627. The fourth-order valence-electron chi connectivity index (χ4n) is 1.11. The first-order chi connectivity index (χ1) is 6.93. The third kappa shape index (κ3) is 7.86. The summed E-state index contributed by atoms with van der Waals surface area (Å²) in [6.45, 7) is 1.91. The van der Waals surface area contributed by atoms with Gasteiger partial charge in [0.25, 0.3) is 0 Å². The summed E-state index contributed by atoms with van der Waals surface area (Å²) in [5.41, 5.74) is 15.6. The topological polar surface area (TPSA) is 136 Å². The molecule has 0 aliphatic rings. The van der Waals surface area contributed by atoms with Crippen molar-refractivity contribution in [1.29, 1.82) is 0 Å². The predicted octanol–water partition coefficient (Wildman–Crippen LogP) is -2.45. The molecular weight excluding hydrogens is 198 g/mol. The molecule has 0 aromatic heterocycles. The summed E-state index contributed by atoms with van der Waals surface area (Å²) in [7, 11) is 0. The van der Waals surface area contributed by atoms with Crippen LogP contribution in [0.2, 0.25) is 0 Å². The number of amides is 2. The van der Waals surface area contributed by atoms with Crippen molar-refractivity contribution < 1.29 is 9.59 Å². The Balaban J connectivity index is 3.77. The fraction of sp³-hybridized carbons (Fsp3) is 0.750. The Morgan fingerprint density at radius 3 is 2.33 bits per heavy atom. The average molecular weight is 217 g/mol. The number of carbonyl (C=O) groups excluding carboxylic acids is 2. The van der Waals surface area contributed by atoms with E-state index < -0.39 is 18.2 Å². The molecule has 88 valence electrons. The molecule has 0 fully saturated rings. The summed E-state index contributed by atoms with van der Waals surface area (Å²) >= 11 is 0. The van der Waals surface area contributed by atoms with Gasteiger partial charge >= 0.3 is 0 Å². The van der Waals surface area contributed by atoms with Gasteiger partial charge in [-0.15, -0.1) is 0 Å². The summed E-state index contributed by atoms with van der Waals surface area (Å²) in [5, 5.41) is 5.25. The molecule has 0 bridgehead atoms. The maximum Gasteiger partial charge on any atom is 0.240 e. The molecule has 0 rings (SSSR count). The number of nitrogens with two attached hydrogens (primary N) is 3. The molecule has 0 saturated heterocycles. The Bertz CT molecular complexity index is 219. The molecule has 0 unspecified atom stereocenters. The van der Waals surface area contributed by atoms with Gasteiger partial charge in [0.1, 0.15) is 12.3 Å². The molecule has 7 heteroatoms. The van der Waals surface area contributed by atoms with E-state index in [1.807, 2.05) is 0 Å². The van der Waals surface area contributed by atoms with Crippen LogP contribution in [0.15, 0.2) is 0 Å². The summed E-state index contributed by atoms with van der Waals surface area (Å²) in [6, 6.07) is -0.627. The number of hydrogen-bond acceptors (Lipinski definition) is 5. The third-order valence-corrected chi connectivity index (χ3v) is 1.77. The molecule has 8 N–H and O–H groups in total. The second kappa shape index (κ2) is 7.16. The van der Waals surface area contributed by atoms with E-state index in [9.17, 15) is 9.59 Å². The van der Waals surface area contributed by atoms with Crippen LogP contribution in [0.3, 0.4) is 0 Å². The molecular formula is C8H19N5O2. The van der Waals surface area contributed by atoms with Gasteiger partial charge in [0.2, 0.25) is 11.8 Å². The van der Waals surface area contributed by atoms with Crippen LogP contribution in [0.25, 0.3) is 0 Å². The van der Waals surface area contributed by atoms with Gasteiger partial charge in [-0.25, -0.2) is 0 Å². The van der Waals surface area contributed by atoms with Crippen LogP contribution in [0.1, 0.15) is 19.8 Å². The Morgan fingerprint density at radius 2 is 1.93 bits per heavy atom. The van der Waals surface area contributed by atoms with Crippen molar-refractivity contribution in [2.75, 3.05) is 6.54 Å². The maximum absolute atomic E-state index is 10.9. The highest BCUT2D eigenvalue weighted by Crippen LogP contribution is 1.95. The number of hydrogen-bond donors (Lipinski definition) is 5. The van der Waals surface area contributed by atoms with E-state index >= 15 is 0 Å². The van der Waals surface area contributed by atoms with Crippen LogP contribution in [0.4, 0.5) is 0 Å². The second-order valence-electron chi connectivity index (χ2n) is 3.28. The van der Waals surface area contributed by atoms with E-state index in [-0.39, 0.29) is 5.91 Å². The van der Waals surface area contributed by atoms with E-state index in [1.165, 1.54) is 6.92 Å². The van der Waals surface area contributed by atoms with E-state index in [0.29, 0.717) is 19.4 Å². The first-order valence-corrected chi connectivity index (χ1v) is 4.74. The highest BCUT2D eigenvalue weighted by atomic mass is 16.2. The Hall–Kier alpha value is -1.18. The van der Waals surface area contributed by atoms with Crippen LogP contribution in [-0.4, -0.2) is 30.7 Å². The van der Waals surface area contributed by atoms with Crippen molar-refractivity contribution in [1.82, 2.24) is 10.6 Å². The number of carbonyl (C=O) groups is 2. The monoisotopic (exact) mass is 217 g/mol. The van der Waals surface area contributed by atoms with Crippen molar-refractivity contribution >= 4 is 11.8 Å². The average Bonchev–Trinajstić information content (AvgIpc) is 2.08. The van der Waals surface area contributed by atoms with Gasteiger partial charge in [-0.2, -0.15) is 0 Å². The molecule has 0 aromatic carbocycles. The summed E-state index contributed by atoms with van der Waals surface area (Å²) in [5.74, 6) is -0.815. The van der Waals surface area contributed by atoms with Gasteiger partial charge in [0, 0.05) is 6.92 Å². The molecule has 0 heterocycles. The molecule has 0 aromatic rings. The first-order valence-electron chi connectivity index (χ1n) is 4.74. The van der Waals surface area contributed by atoms with Gasteiger partial charge in [0.15, 0.2) is 0 Å². The van der Waals surface area contributed by atoms with Crippen molar-refractivity contribution in [3.63, 3.8) is 0 Å². The minimum Gasteiger partial charge on any atom is -0.368 e. The summed E-state index contributed by atoms with van der Waals surface area (Å²) in [6.07, 6.45) is 0.547. The van der Waals surface area contributed by atoms with E-state index in [0.717, 1.165) is 0 Å². The quantitative estimate of drug-likeness (QED) is 0.238. The lowest BCUT2D eigenvalue weighted by molar-refractivity contribution is -0.126. The Morgan fingerprint density at radius 1 is 1.33 bits per heavy atom. The van der Waals surface area contributed by atoms with Crippen LogP contribution in [0.5, 0.6) is 0 Å². The zero-order valence-electron chi connectivity index (χ0n) is 8.82.